The SMILES string of the molecule is C[C](C)C1CCN(C(=O)OC(C)(C)C)CC1. The van der Waals surface area contributed by atoms with Crippen LogP contribution in [0.2, 0.25) is 0 Å². The van der Waals surface area contributed by atoms with Crippen molar-refractivity contribution in [2.45, 2.75) is 53.1 Å². The van der Waals surface area contributed by atoms with Gasteiger partial charge in [0.1, 0.15) is 5.60 Å². The van der Waals surface area contributed by atoms with Crippen LogP contribution in [0.5, 0.6) is 0 Å². The van der Waals surface area contributed by atoms with Crippen molar-refractivity contribution >= 4 is 6.09 Å². The summed E-state index contributed by atoms with van der Waals surface area (Å²) in [5.74, 6) is 2.16. The lowest BCUT2D eigenvalue weighted by molar-refractivity contribution is 0.0188. The number of ether oxygens (including phenoxy) is 1. The van der Waals surface area contributed by atoms with E-state index >= 15 is 0 Å². The maximum absolute atomic E-state index is 11.8. The first kappa shape index (κ1) is 13.3. The second-order valence-electron chi connectivity index (χ2n) is 5.82. The summed E-state index contributed by atoms with van der Waals surface area (Å²) in [5, 5.41) is 0. The summed E-state index contributed by atoms with van der Waals surface area (Å²) >= 11 is 0. The van der Waals surface area contributed by atoms with Crippen molar-refractivity contribution < 1.29 is 9.53 Å². The number of carbonyl (C=O) groups is 1. The largest absolute Gasteiger partial charge is 0.444 e. The molecule has 1 fully saturated rings. The zero-order valence-corrected chi connectivity index (χ0v) is 11.2. The van der Waals surface area contributed by atoms with Crippen molar-refractivity contribution in [1.82, 2.24) is 4.90 Å². The number of hydrogen-bond acceptors (Lipinski definition) is 2. The number of carbonyl (C=O) groups excluding carboxylic acids is 1. The van der Waals surface area contributed by atoms with Crippen molar-refractivity contribution in [2.75, 3.05) is 13.1 Å². The summed E-state index contributed by atoms with van der Waals surface area (Å²) < 4.78 is 5.35. The summed E-state index contributed by atoms with van der Waals surface area (Å²) in [5.41, 5.74) is -0.388. The van der Waals surface area contributed by atoms with E-state index in [9.17, 15) is 4.79 Å². The van der Waals surface area contributed by atoms with Crippen LogP contribution in [0.4, 0.5) is 4.79 Å². The predicted molar refractivity (Wildman–Crippen MR) is 65.1 cm³/mol. The normalized spacial score (nSPS) is 19.0. The van der Waals surface area contributed by atoms with Crippen LogP contribution in [0.1, 0.15) is 47.5 Å². The van der Waals surface area contributed by atoms with E-state index in [1.54, 1.807) is 0 Å². The quantitative estimate of drug-likeness (QED) is 0.687. The van der Waals surface area contributed by atoms with Crippen molar-refractivity contribution in [3.8, 4) is 0 Å². The van der Waals surface area contributed by atoms with Gasteiger partial charge in [-0.2, -0.15) is 0 Å². The van der Waals surface area contributed by atoms with Gasteiger partial charge in [-0.05, 0) is 45.4 Å². The Morgan fingerprint density at radius 3 is 2.06 bits per heavy atom. The lowest BCUT2D eigenvalue weighted by Gasteiger charge is -2.34. The molecule has 1 aliphatic rings. The van der Waals surface area contributed by atoms with Gasteiger partial charge < -0.3 is 9.64 Å². The highest BCUT2D eigenvalue weighted by molar-refractivity contribution is 5.68. The Labute approximate surface area is 99.1 Å². The highest BCUT2D eigenvalue weighted by Gasteiger charge is 2.27. The molecule has 0 saturated carbocycles. The number of nitrogens with zero attached hydrogens (tertiary/aromatic N) is 1. The van der Waals surface area contributed by atoms with E-state index in [1.165, 1.54) is 5.92 Å². The van der Waals surface area contributed by atoms with Crippen LogP contribution in [0, 0.1) is 11.8 Å². The first-order valence-electron chi connectivity index (χ1n) is 6.07. The van der Waals surface area contributed by atoms with Crippen LogP contribution in [0.3, 0.4) is 0 Å². The highest BCUT2D eigenvalue weighted by atomic mass is 16.6. The van der Waals surface area contributed by atoms with E-state index in [0.717, 1.165) is 25.9 Å². The minimum atomic E-state index is -0.388. The Morgan fingerprint density at radius 2 is 1.69 bits per heavy atom. The molecule has 1 amide bonds. The summed E-state index contributed by atoms with van der Waals surface area (Å²) in [4.78, 5) is 13.6. The smallest absolute Gasteiger partial charge is 0.410 e. The molecule has 0 aromatic rings. The number of amides is 1. The van der Waals surface area contributed by atoms with E-state index in [2.05, 4.69) is 13.8 Å². The number of rotatable bonds is 1. The van der Waals surface area contributed by atoms with Gasteiger partial charge in [0, 0.05) is 13.1 Å². The molecule has 0 bridgehead atoms. The summed E-state index contributed by atoms with van der Waals surface area (Å²) in [6, 6.07) is 0. The molecule has 0 unspecified atom stereocenters. The van der Waals surface area contributed by atoms with E-state index < -0.39 is 0 Å². The summed E-state index contributed by atoms with van der Waals surface area (Å²) in [6.45, 7) is 11.7. The Kier molecular flexibility index (Phi) is 4.22. The zero-order valence-electron chi connectivity index (χ0n) is 11.2. The van der Waals surface area contributed by atoms with Gasteiger partial charge in [-0.1, -0.05) is 13.8 Å². The van der Waals surface area contributed by atoms with E-state index in [1.807, 2.05) is 25.7 Å². The van der Waals surface area contributed by atoms with E-state index in [-0.39, 0.29) is 11.7 Å². The Balaban J connectivity index is 2.39. The first-order valence-corrected chi connectivity index (χ1v) is 6.07. The molecular formula is C13H24NO2. The van der Waals surface area contributed by atoms with Crippen LogP contribution in [0.15, 0.2) is 0 Å². The van der Waals surface area contributed by atoms with Crippen molar-refractivity contribution in [3.63, 3.8) is 0 Å². The standard InChI is InChI=1S/C13H24NO2/c1-10(2)11-6-8-14(9-7-11)12(15)16-13(3,4)5/h11H,6-9H2,1-5H3. The summed E-state index contributed by atoms with van der Waals surface area (Å²) in [6.07, 6.45) is 1.98. The van der Waals surface area contributed by atoms with Gasteiger partial charge in [-0.3, -0.25) is 0 Å². The van der Waals surface area contributed by atoms with E-state index in [0.29, 0.717) is 5.92 Å². The van der Waals surface area contributed by atoms with Gasteiger partial charge in [0.2, 0.25) is 0 Å². The van der Waals surface area contributed by atoms with Gasteiger partial charge in [0.15, 0.2) is 0 Å². The molecule has 0 spiro atoms. The maximum Gasteiger partial charge on any atom is 0.410 e. The predicted octanol–water partition coefficient (Wildman–Crippen LogP) is 3.25. The summed E-state index contributed by atoms with van der Waals surface area (Å²) in [7, 11) is 0. The second-order valence-corrected chi connectivity index (χ2v) is 5.82. The third-order valence-corrected chi connectivity index (χ3v) is 2.96. The third kappa shape index (κ3) is 4.03. The molecule has 1 saturated heterocycles. The number of likely N-dealkylation sites (tertiary alicyclic amines) is 1. The van der Waals surface area contributed by atoms with Crippen molar-refractivity contribution in [3.05, 3.63) is 5.92 Å². The molecule has 0 aromatic carbocycles. The van der Waals surface area contributed by atoms with Gasteiger partial charge in [0.25, 0.3) is 0 Å². The molecular weight excluding hydrogens is 202 g/mol. The average Bonchev–Trinajstić information content (AvgIpc) is 2.15. The van der Waals surface area contributed by atoms with E-state index in [4.69, 9.17) is 4.74 Å². The molecule has 0 aromatic heterocycles. The van der Waals surface area contributed by atoms with Gasteiger partial charge >= 0.3 is 6.09 Å². The van der Waals surface area contributed by atoms with Gasteiger partial charge in [0.05, 0.1) is 0 Å². The molecule has 3 nitrogen and oxygen atoms in total. The lowest BCUT2D eigenvalue weighted by Crippen LogP contribution is -2.42. The average molecular weight is 226 g/mol. The van der Waals surface area contributed by atoms with Crippen LogP contribution in [-0.4, -0.2) is 29.7 Å². The van der Waals surface area contributed by atoms with Gasteiger partial charge in [-0.25, -0.2) is 4.79 Å². The second kappa shape index (κ2) is 5.07. The molecule has 0 atom stereocenters. The molecule has 1 heterocycles. The number of hydrogen-bond donors (Lipinski definition) is 0. The molecule has 1 aliphatic heterocycles. The zero-order chi connectivity index (χ0) is 12.3. The molecule has 3 heteroatoms. The monoisotopic (exact) mass is 226 g/mol. The Hall–Kier alpha value is -0.730. The van der Waals surface area contributed by atoms with Crippen molar-refractivity contribution in [1.29, 1.82) is 0 Å². The van der Waals surface area contributed by atoms with Gasteiger partial charge in [-0.15, -0.1) is 0 Å². The van der Waals surface area contributed by atoms with Crippen LogP contribution >= 0.6 is 0 Å². The maximum atomic E-state index is 11.8. The topological polar surface area (TPSA) is 29.5 Å². The van der Waals surface area contributed by atoms with Crippen LogP contribution in [-0.2, 0) is 4.74 Å². The Morgan fingerprint density at radius 1 is 1.19 bits per heavy atom. The fourth-order valence-corrected chi connectivity index (χ4v) is 1.97. The minimum absolute atomic E-state index is 0.167. The number of piperidine rings is 1. The lowest BCUT2D eigenvalue weighted by atomic mass is 9.87. The first-order chi connectivity index (χ1) is 7.29. The molecule has 1 radical (unpaired) electrons. The third-order valence-electron chi connectivity index (χ3n) is 2.96. The highest BCUT2D eigenvalue weighted by Crippen LogP contribution is 2.26. The molecule has 0 N–H and O–H groups in total. The minimum Gasteiger partial charge on any atom is -0.444 e. The fourth-order valence-electron chi connectivity index (χ4n) is 1.97. The molecule has 16 heavy (non-hydrogen) atoms. The fraction of sp³-hybridized carbons (Fsp3) is 0.846. The molecule has 1 rings (SSSR count). The molecule has 0 aliphatic carbocycles. The van der Waals surface area contributed by atoms with Crippen molar-refractivity contribution in [2.24, 2.45) is 5.92 Å². The Bertz CT molecular complexity index is 235. The van der Waals surface area contributed by atoms with Crippen LogP contribution < -0.4 is 0 Å². The molecule has 93 valence electrons. The van der Waals surface area contributed by atoms with Crippen LogP contribution in [0.25, 0.3) is 0 Å².